The Balaban J connectivity index is 2.04. The Hall–Kier alpha value is -2.49. The van der Waals surface area contributed by atoms with Crippen molar-refractivity contribution in [2.24, 2.45) is 5.10 Å². The van der Waals surface area contributed by atoms with Crippen molar-refractivity contribution >= 4 is 11.6 Å². The number of rotatable bonds is 4. The third kappa shape index (κ3) is 3.51. The summed E-state index contributed by atoms with van der Waals surface area (Å²) in [4.78, 5) is 15.9. The first-order valence-electron chi connectivity index (χ1n) is 6.54. The molecule has 1 heterocycles. The zero-order chi connectivity index (χ0) is 14.4. The molecule has 0 spiro atoms. The van der Waals surface area contributed by atoms with Gasteiger partial charge in [-0.15, -0.1) is 0 Å². The molecule has 1 amide bonds. The summed E-state index contributed by atoms with van der Waals surface area (Å²) < 4.78 is 0. The van der Waals surface area contributed by atoms with Crippen molar-refractivity contribution in [1.82, 2.24) is 10.4 Å². The van der Waals surface area contributed by atoms with E-state index in [4.69, 9.17) is 0 Å². The van der Waals surface area contributed by atoms with Crippen LogP contribution in [-0.4, -0.2) is 16.6 Å². The third-order valence-corrected chi connectivity index (χ3v) is 3.05. The molecular weight excluding hydrogens is 250 g/mol. The lowest BCUT2D eigenvalue weighted by Crippen LogP contribution is -2.19. The highest BCUT2D eigenvalue weighted by molar-refractivity contribution is 6.00. The topological polar surface area (TPSA) is 54.4 Å². The summed E-state index contributed by atoms with van der Waals surface area (Å²) >= 11 is 0. The van der Waals surface area contributed by atoms with Gasteiger partial charge in [0.15, 0.2) is 0 Å². The summed E-state index contributed by atoms with van der Waals surface area (Å²) in [7, 11) is 0. The van der Waals surface area contributed by atoms with E-state index in [1.165, 1.54) is 5.56 Å². The Kier molecular flexibility index (Phi) is 4.60. The summed E-state index contributed by atoms with van der Waals surface area (Å²) in [5.41, 5.74) is 6.05. The number of nitrogens with one attached hydrogen (secondary N) is 1. The Labute approximate surface area is 118 Å². The van der Waals surface area contributed by atoms with Crippen LogP contribution in [0.5, 0.6) is 0 Å². The van der Waals surface area contributed by atoms with Crippen LogP contribution in [0.1, 0.15) is 35.3 Å². The van der Waals surface area contributed by atoms with E-state index in [1.807, 2.05) is 43.3 Å². The minimum atomic E-state index is -0.207. The van der Waals surface area contributed by atoms with E-state index in [-0.39, 0.29) is 5.91 Å². The van der Waals surface area contributed by atoms with E-state index in [2.05, 4.69) is 22.4 Å². The van der Waals surface area contributed by atoms with Crippen LogP contribution in [0, 0.1) is 0 Å². The van der Waals surface area contributed by atoms with Crippen molar-refractivity contribution in [3.05, 3.63) is 65.5 Å². The fraction of sp³-hybridized carbons (Fsp3) is 0.188. The van der Waals surface area contributed by atoms with Crippen LogP contribution in [-0.2, 0) is 6.42 Å². The van der Waals surface area contributed by atoms with Crippen molar-refractivity contribution in [2.75, 3.05) is 0 Å². The van der Waals surface area contributed by atoms with Crippen LogP contribution in [0.4, 0.5) is 0 Å². The second kappa shape index (κ2) is 6.61. The monoisotopic (exact) mass is 267 g/mol. The lowest BCUT2D eigenvalue weighted by Gasteiger charge is -2.03. The van der Waals surface area contributed by atoms with Crippen molar-refractivity contribution < 1.29 is 4.79 Å². The van der Waals surface area contributed by atoms with Gasteiger partial charge in [0.2, 0.25) is 0 Å². The number of hydrogen-bond acceptors (Lipinski definition) is 3. The zero-order valence-electron chi connectivity index (χ0n) is 11.6. The number of carbonyl (C=O) groups is 1. The van der Waals surface area contributed by atoms with E-state index >= 15 is 0 Å². The van der Waals surface area contributed by atoms with Crippen LogP contribution in [0.15, 0.2) is 53.9 Å². The summed E-state index contributed by atoms with van der Waals surface area (Å²) in [6, 6.07) is 11.2. The zero-order valence-corrected chi connectivity index (χ0v) is 11.6. The first-order chi connectivity index (χ1) is 9.70. The normalized spacial score (nSPS) is 11.2. The van der Waals surface area contributed by atoms with Crippen LogP contribution in [0.3, 0.4) is 0 Å². The molecular formula is C16H17N3O. The fourth-order valence-corrected chi connectivity index (χ4v) is 1.75. The number of aromatic nitrogens is 1. The first kappa shape index (κ1) is 13.9. The Morgan fingerprint density at radius 2 is 1.75 bits per heavy atom. The molecule has 0 fully saturated rings. The highest BCUT2D eigenvalue weighted by Crippen LogP contribution is 2.05. The summed E-state index contributed by atoms with van der Waals surface area (Å²) in [5, 5.41) is 4.10. The van der Waals surface area contributed by atoms with Gasteiger partial charge in [0.25, 0.3) is 5.91 Å². The number of amides is 1. The molecule has 0 unspecified atom stereocenters. The highest BCUT2D eigenvalue weighted by atomic mass is 16.2. The molecule has 0 aliphatic carbocycles. The van der Waals surface area contributed by atoms with Gasteiger partial charge in [-0.3, -0.25) is 9.78 Å². The summed E-state index contributed by atoms with van der Waals surface area (Å²) in [6.07, 6.45) is 4.35. The molecule has 2 rings (SSSR count). The quantitative estimate of drug-likeness (QED) is 0.684. The molecule has 102 valence electrons. The molecule has 20 heavy (non-hydrogen) atoms. The number of carbonyl (C=O) groups excluding carboxylic acids is 1. The van der Waals surface area contributed by atoms with Gasteiger partial charge in [-0.25, -0.2) is 5.43 Å². The maximum Gasteiger partial charge on any atom is 0.271 e. The molecule has 1 aromatic carbocycles. The van der Waals surface area contributed by atoms with Crippen LogP contribution in [0.2, 0.25) is 0 Å². The Morgan fingerprint density at radius 1 is 1.10 bits per heavy atom. The predicted octanol–water partition coefficient (Wildman–Crippen LogP) is 2.80. The standard InChI is InChI=1S/C16H17N3O/c1-3-13-4-6-15(7-5-13)16(20)19-18-12(2)14-8-10-17-11-9-14/h4-11H,3H2,1-2H3,(H,19,20)/b18-12-. The predicted molar refractivity (Wildman–Crippen MR) is 79.7 cm³/mol. The molecule has 4 nitrogen and oxygen atoms in total. The first-order valence-corrected chi connectivity index (χ1v) is 6.54. The largest absolute Gasteiger partial charge is 0.271 e. The molecule has 0 radical (unpaired) electrons. The minimum Gasteiger partial charge on any atom is -0.267 e. The molecule has 1 aromatic heterocycles. The van der Waals surface area contributed by atoms with Crippen molar-refractivity contribution in [3.63, 3.8) is 0 Å². The molecule has 0 saturated heterocycles. The molecule has 0 aliphatic heterocycles. The van der Waals surface area contributed by atoms with Gasteiger partial charge in [-0.1, -0.05) is 19.1 Å². The number of hydrogen-bond donors (Lipinski definition) is 1. The number of nitrogens with zero attached hydrogens (tertiary/aromatic N) is 2. The Morgan fingerprint density at radius 3 is 2.35 bits per heavy atom. The average molecular weight is 267 g/mol. The number of benzene rings is 1. The van der Waals surface area contributed by atoms with Gasteiger partial charge in [0, 0.05) is 23.5 Å². The molecule has 0 bridgehead atoms. The third-order valence-electron chi connectivity index (χ3n) is 3.05. The number of hydrazone groups is 1. The molecule has 0 atom stereocenters. The molecule has 0 saturated carbocycles. The summed E-state index contributed by atoms with van der Waals surface area (Å²) in [5.74, 6) is -0.207. The van der Waals surface area contributed by atoms with Crippen LogP contribution in [0.25, 0.3) is 0 Å². The number of aryl methyl sites for hydroxylation is 1. The van der Waals surface area contributed by atoms with Crippen LogP contribution >= 0.6 is 0 Å². The lowest BCUT2D eigenvalue weighted by molar-refractivity contribution is 0.0955. The molecule has 0 aliphatic rings. The SMILES string of the molecule is CCc1ccc(C(=O)N/N=C(/C)c2ccncc2)cc1. The van der Waals surface area contributed by atoms with Crippen molar-refractivity contribution in [1.29, 1.82) is 0 Å². The van der Waals surface area contributed by atoms with E-state index < -0.39 is 0 Å². The minimum absolute atomic E-state index is 0.207. The number of pyridine rings is 1. The van der Waals surface area contributed by atoms with Gasteiger partial charge in [0.05, 0.1) is 5.71 Å². The van der Waals surface area contributed by atoms with Crippen molar-refractivity contribution in [2.45, 2.75) is 20.3 Å². The van der Waals surface area contributed by atoms with Crippen LogP contribution < -0.4 is 5.43 Å². The second-order valence-electron chi connectivity index (χ2n) is 4.42. The summed E-state index contributed by atoms with van der Waals surface area (Å²) in [6.45, 7) is 3.92. The second-order valence-corrected chi connectivity index (χ2v) is 4.42. The van der Waals surface area contributed by atoms with Crippen molar-refractivity contribution in [3.8, 4) is 0 Å². The lowest BCUT2D eigenvalue weighted by atomic mass is 10.1. The van der Waals surface area contributed by atoms with Gasteiger partial charge >= 0.3 is 0 Å². The molecule has 1 N–H and O–H groups in total. The van der Waals surface area contributed by atoms with Gasteiger partial charge in [-0.05, 0) is 43.2 Å². The smallest absolute Gasteiger partial charge is 0.267 e. The van der Waals surface area contributed by atoms with E-state index in [0.717, 1.165) is 17.7 Å². The van der Waals surface area contributed by atoms with Gasteiger partial charge in [-0.2, -0.15) is 5.10 Å². The average Bonchev–Trinajstić information content (AvgIpc) is 2.53. The van der Waals surface area contributed by atoms with E-state index in [1.54, 1.807) is 12.4 Å². The van der Waals surface area contributed by atoms with Gasteiger partial charge in [0.1, 0.15) is 0 Å². The Bertz CT molecular complexity index is 603. The van der Waals surface area contributed by atoms with E-state index in [0.29, 0.717) is 5.56 Å². The highest BCUT2D eigenvalue weighted by Gasteiger charge is 2.04. The molecule has 4 heteroatoms. The molecule has 2 aromatic rings. The maximum atomic E-state index is 11.9. The van der Waals surface area contributed by atoms with Gasteiger partial charge < -0.3 is 0 Å². The van der Waals surface area contributed by atoms with E-state index in [9.17, 15) is 4.79 Å². The fourth-order valence-electron chi connectivity index (χ4n) is 1.75. The maximum absolute atomic E-state index is 11.9.